The molecule has 0 saturated heterocycles. The standard InChI is InChI=1S/C13H16N4/c1-10-13-12(4-6-15-10)17(9-16-13)8-11-3-2-5-14-7-11/h2-3,5,7,9-10,15H,4,6,8H2,1H3. The lowest BCUT2D eigenvalue weighted by Crippen LogP contribution is -2.29. The Morgan fingerprint density at radius 2 is 2.47 bits per heavy atom. The number of hydrogen-bond donors (Lipinski definition) is 1. The van der Waals surface area contributed by atoms with Crippen LogP contribution in [0.5, 0.6) is 0 Å². The van der Waals surface area contributed by atoms with Crippen LogP contribution in [-0.2, 0) is 13.0 Å². The van der Waals surface area contributed by atoms with Gasteiger partial charge in [-0.25, -0.2) is 4.98 Å². The molecule has 88 valence electrons. The maximum absolute atomic E-state index is 4.51. The number of nitrogens with one attached hydrogen (secondary N) is 1. The molecule has 4 heteroatoms. The topological polar surface area (TPSA) is 42.7 Å². The minimum Gasteiger partial charge on any atom is -0.330 e. The van der Waals surface area contributed by atoms with Crippen LogP contribution in [0, 0.1) is 0 Å². The molecule has 1 atom stereocenters. The summed E-state index contributed by atoms with van der Waals surface area (Å²) in [5.74, 6) is 0. The first-order valence-corrected chi connectivity index (χ1v) is 6.01. The first kappa shape index (κ1) is 10.5. The largest absolute Gasteiger partial charge is 0.330 e. The van der Waals surface area contributed by atoms with Crippen LogP contribution >= 0.6 is 0 Å². The second-order valence-corrected chi connectivity index (χ2v) is 4.49. The lowest BCUT2D eigenvalue weighted by atomic mass is 10.1. The van der Waals surface area contributed by atoms with Crippen LogP contribution in [0.3, 0.4) is 0 Å². The Morgan fingerprint density at radius 3 is 3.29 bits per heavy atom. The second kappa shape index (κ2) is 4.30. The van der Waals surface area contributed by atoms with E-state index < -0.39 is 0 Å². The third kappa shape index (κ3) is 1.96. The van der Waals surface area contributed by atoms with Gasteiger partial charge in [-0.15, -0.1) is 0 Å². The summed E-state index contributed by atoms with van der Waals surface area (Å²) in [7, 11) is 0. The Hall–Kier alpha value is -1.68. The third-order valence-electron chi connectivity index (χ3n) is 3.28. The maximum atomic E-state index is 4.51. The van der Waals surface area contributed by atoms with Gasteiger partial charge in [0.15, 0.2) is 0 Å². The number of pyridine rings is 1. The lowest BCUT2D eigenvalue weighted by Gasteiger charge is -2.20. The average molecular weight is 228 g/mol. The van der Waals surface area contributed by atoms with E-state index in [1.807, 2.05) is 18.6 Å². The zero-order valence-electron chi connectivity index (χ0n) is 9.93. The van der Waals surface area contributed by atoms with E-state index >= 15 is 0 Å². The van der Waals surface area contributed by atoms with Crippen molar-refractivity contribution in [2.24, 2.45) is 0 Å². The molecule has 2 aromatic heterocycles. The number of imidazole rings is 1. The molecule has 1 N–H and O–H groups in total. The predicted molar refractivity (Wildman–Crippen MR) is 65.7 cm³/mol. The van der Waals surface area contributed by atoms with E-state index in [1.54, 1.807) is 6.20 Å². The number of aromatic nitrogens is 3. The van der Waals surface area contributed by atoms with Crippen LogP contribution in [0.1, 0.15) is 29.9 Å². The van der Waals surface area contributed by atoms with E-state index in [4.69, 9.17) is 0 Å². The summed E-state index contributed by atoms with van der Waals surface area (Å²) in [6.45, 7) is 4.06. The van der Waals surface area contributed by atoms with Crippen molar-refractivity contribution in [1.29, 1.82) is 0 Å². The van der Waals surface area contributed by atoms with Gasteiger partial charge in [-0.05, 0) is 18.6 Å². The van der Waals surface area contributed by atoms with Crippen molar-refractivity contribution in [2.75, 3.05) is 6.54 Å². The summed E-state index contributed by atoms with van der Waals surface area (Å²) >= 11 is 0. The zero-order valence-corrected chi connectivity index (χ0v) is 9.93. The fourth-order valence-corrected chi connectivity index (χ4v) is 2.38. The first-order valence-electron chi connectivity index (χ1n) is 6.01. The Morgan fingerprint density at radius 1 is 1.53 bits per heavy atom. The fraction of sp³-hybridized carbons (Fsp3) is 0.385. The first-order chi connectivity index (χ1) is 8.34. The van der Waals surface area contributed by atoms with E-state index in [0.29, 0.717) is 6.04 Å². The van der Waals surface area contributed by atoms with Gasteiger partial charge in [0.1, 0.15) is 0 Å². The summed E-state index contributed by atoms with van der Waals surface area (Å²) in [6, 6.07) is 4.45. The summed E-state index contributed by atoms with van der Waals surface area (Å²) in [4.78, 5) is 8.66. The van der Waals surface area contributed by atoms with Crippen molar-refractivity contribution < 1.29 is 0 Å². The smallest absolute Gasteiger partial charge is 0.0955 e. The maximum Gasteiger partial charge on any atom is 0.0955 e. The molecule has 17 heavy (non-hydrogen) atoms. The number of nitrogens with zero attached hydrogens (tertiary/aromatic N) is 3. The molecule has 0 radical (unpaired) electrons. The Bertz CT molecular complexity index is 503. The molecular weight excluding hydrogens is 212 g/mol. The van der Waals surface area contributed by atoms with Crippen LogP contribution in [0.4, 0.5) is 0 Å². The SMILES string of the molecule is CC1NCCc2c1ncn2Cc1cccnc1. The van der Waals surface area contributed by atoms with Crippen LogP contribution < -0.4 is 5.32 Å². The molecule has 0 amide bonds. The van der Waals surface area contributed by atoms with E-state index in [9.17, 15) is 0 Å². The van der Waals surface area contributed by atoms with Gasteiger partial charge in [0.05, 0.1) is 18.6 Å². The third-order valence-corrected chi connectivity index (χ3v) is 3.28. The molecule has 1 aliphatic heterocycles. The summed E-state index contributed by atoms with van der Waals surface area (Å²) in [5, 5.41) is 3.43. The van der Waals surface area contributed by atoms with Crippen molar-refractivity contribution in [3.05, 3.63) is 47.8 Å². The van der Waals surface area contributed by atoms with Gasteiger partial charge in [0, 0.05) is 37.1 Å². The Kier molecular flexibility index (Phi) is 2.65. The highest BCUT2D eigenvalue weighted by Crippen LogP contribution is 2.21. The molecule has 0 aromatic carbocycles. The van der Waals surface area contributed by atoms with Crippen molar-refractivity contribution in [1.82, 2.24) is 19.9 Å². The number of fused-ring (bicyclic) bond motifs is 1. The van der Waals surface area contributed by atoms with Crippen molar-refractivity contribution in [3.8, 4) is 0 Å². The highest BCUT2D eigenvalue weighted by atomic mass is 15.1. The van der Waals surface area contributed by atoms with Gasteiger partial charge in [0.2, 0.25) is 0 Å². The molecule has 3 rings (SSSR count). The van der Waals surface area contributed by atoms with Crippen molar-refractivity contribution in [2.45, 2.75) is 25.9 Å². The van der Waals surface area contributed by atoms with Crippen LogP contribution in [-0.4, -0.2) is 21.1 Å². The molecule has 4 nitrogen and oxygen atoms in total. The second-order valence-electron chi connectivity index (χ2n) is 4.49. The monoisotopic (exact) mass is 228 g/mol. The fourth-order valence-electron chi connectivity index (χ4n) is 2.38. The lowest BCUT2D eigenvalue weighted by molar-refractivity contribution is 0.516. The molecule has 1 unspecified atom stereocenters. The molecule has 3 heterocycles. The highest BCUT2D eigenvalue weighted by molar-refractivity contribution is 5.22. The minimum absolute atomic E-state index is 0.369. The highest BCUT2D eigenvalue weighted by Gasteiger charge is 2.20. The average Bonchev–Trinajstić information content (AvgIpc) is 2.76. The van der Waals surface area contributed by atoms with Crippen molar-refractivity contribution >= 4 is 0 Å². The van der Waals surface area contributed by atoms with Gasteiger partial charge in [-0.1, -0.05) is 6.07 Å². The minimum atomic E-state index is 0.369. The van der Waals surface area contributed by atoms with Gasteiger partial charge < -0.3 is 9.88 Å². The Labute approximate surface area is 101 Å². The summed E-state index contributed by atoms with van der Waals surface area (Å²) < 4.78 is 2.24. The van der Waals surface area contributed by atoms with Gasteiger partial charge in [0.25, 0.3) is 0 Å². The van der Waals surface area contributed by atoms with E-state index in [2.05, 4.69) is 32.8 Å². The normalized spacial score (nSPS) is 19.0. The van der Waals surface area contributed by atoms with Crippen molar-refractivity contribution in [3.63, 3.8) is 0 Å². The van der Waals surface area contributed by atoms with E-state index in [-0.39, 0.29) is 0 Å². The van der Waals surface area contributed by atoms with Gasteiger partial charge in [-0.3, -0.25) is 4.98 Å². The van der Waals surface area contributed by atoms with Gasteiger partial charge >= 0.3 is 0 Å². The molecule has 0 aliphatic carbocycles. The molecular formula is C13H16N4. The van der Waals surface area contributed by atoms with Crippen LogP contribution in [0.2, 0.25) is 0 Å². The molecule has 1 aliphatic rings. The number of rotatable bonds is 2. The summed E-state index contributed by atoms with van der Waals surface area (Å²) in [6.07, 6.45) is 6.72. The molecule has 0 fully saturated rings. The predicted octanol–water partition coefficient (Wildman–Crippen LogP) is 1.53. The molecule has 0 saturated carbocycles. The van der Waals surface area contributed by atoms with E-state index in [0.717, 1.165) is 19.5 Å². The quantitative estimate of drug-likeness (QED) is 0.847. The molecule has 0 spiro atoms. The summed E-state index contributed by atoms with van der Waals surface area (Å²) in [5.41, 5.74) is 3.78. The zero-order chi connectivity index (χ0) is 11.7. The van der Waals surface area contributed by atoms with Gasteiger partial charge in [-0.2, -0.15) is 0 Å². The van der Waals surface area contributed by atoms with Crippen LogP contribution in [0.15, 0.2) is 30.9 Å². The molecule has 2 aromatic rings. The van der Waals surface area contributed by atoms with Crippen LogP contribution in [0.25, 0.3) is 0 Å². The van der Waals surface area contributed by atoms with E-state index in [1.165, 1.54) is 17.0 Å². The number of hydrogen-bond acceptors (Lipinski definition) is 3. The Balaban J connectivity index is 1.90. The molecule has 0 bridgehead atoms.